The topological polar surface area (TPSA) is 49.8 Å². The summed E-state index contributed by atoms with van der Waals surface area (Å²) in [5.41, 5.74) is 0.264. The second-order valence-electron chi connectivity index (χ2n) is 11.3. The third-order valence-corrected chi connectivity index (χ3v) is 6.82. The molecule has 0 saturated heterocycles. The monoisotopic (exact) mass is 365 g/mol. The minimum absolute atomic E-state index is 0.0233. The van der Waals surface area contributed by atoms with Crippen molar-refractivity contribution >= 4 is 6.09 Å². The number of amides is 1. The Kier molecular flexibility index (Phi) is 5.14. The van der Waals surface area contributed by atoms with Crippen LogP contribution in [0.5, 0.6) is 0 Å². The van der Waals surface area contributed by atoms with E-state index in [1.54, 1.807) is 0 Å². The van der Waals surface area contributed by atoms with Crippen LogP contribution in [0.4, 0.5) is 4.79 Å². The molecule has 0 spiro atoms. The van der Waals surface area contributed by atoms with Crippen molar-refractivity contribution in [3.63, 3.8) is 0 Å². The maximum Gasteiger partial charge on any atom is 0.410 e. The van der Waals surface area contributed by atoms with Crippen LogP contribution in [0, 0.1) is 16.7 Å². The molecule has 0 aliphatic heterocycles. The SMILES string of the molecule is CC(C)(C)OC(=O)N(CCCCCO)C12CC3C[C@@](C)(C1)C[C@](C)(C3)C2. The van der Waals surface area contributed by atoms with Crippen LogP contribution in [0.15, 0.2) is 0 Å². The normalized spacial score (nSPS) is 38.5. The van der Waals surface area contributed by atoms with E-state index < -0.39 is 5.60 Å². The Hall–Kier alpha value is -0.770. The van der Waals surface area contributed by atoms with E-state index in [2.05, 4.69) is 18.7 Å². The van der Waals surface area contributed by atoms with Crippen molar-refractivity contribution in [1.29, 1.82) is 0 Å². The molecule has 4 nitrogen and oxygen atoms in total. The van der Waals surface area contributed by atoms with Crippen LogP contribution in [0.25, 0.3) is 0 Å². The Labute approximate surface area is 159 Å². The number of aliphatic hydroxyl groups is 1. The zero-order valence-corrected chi connectivity index (χ0v) is 17.6. The number of carbonyl (C=O) groups excluding carboxylic acids is 1. The Morgan fingerprint density at radius 2 is 1.65 bits per heavy atom. The van der Waals surface area contributed by atoms with Crippen molar-refractivity contribution in [2.24, 2.45) is 16.7 Å². The molecule has 4 bridgehead atoms. The molecule has 4 heteroatoms. The lowest BCUT2D eigenvalue weighted by Crippen LogP contribution is -2.66. The fraction of sp³-hybridized carbons (Fsp3) is 0.955. The van der Waals surface area contributed by atoms with Gasteiger partial charge in [-0.3, -0.25) is 0 Å². The highest BCUT2D eigenvalue weighted by atomic mass is 16.6. The fourth-order valence-electron chi connectivity index (χ4n) is 7.09. The highest BCUT2D eigenvalue weighted by molar-refractivity contribution is 5.69. The zero-order chi connectivity index (χ0) is 19.2. The van der Waals surface area contributed by atoms with Gasteiger partial charge < -0.3 is 14.7 Å². The van der Waals surface area contributed by atoms with Crippen LogP contribution >= 0.6 is 0 Å². The minimum Gasteiger partial charge on any atom is -0.444 e. The van der Waals surface area contributed by atoms with Gasteiger partial charge in [0.05, 0.1) is 0 Å². The van der Waals surface area contributed by atoms with Crippen molar-refractivity contribution in [2.75, 3.05) is 13.2 Å². The first kappa shape index (κ1) is 20.0. The number of nitrogens with zero attached hydrogens (tertiary/aromatic N) is 1. The number of hydrogen-bond donors (Lipinski definition) is 1. The van der Waals surface area contributed by atoms with E-state index in [1.807, 2.05) is 20.8 Å². The van der Waals surface area contributed by atoms with Gasteiger partial charge in [-0.15, -0.1) is 0 Å². The average molecular weight is 366 g/mol. The van der Waals surface area contributed by atoms with E-state index in [4.69, 9.17) is 9.84 Å². The van der Waals surface area contributed by atoms with Gasteiger partial charge in [-0.05, 0) is 95.3 Å². The van der Waals surface area contributed by atoms with Gasteiger partial charge in [0.25, 0.3) is 0 Å². The molecule has 4 aliphatic carbocycles. The fourth-order valence-corrected chi connectivity index (χ4v) is 7.09. The number of aliphatic hydroxyl groups excluding tert-OH is 1. The highest BCUT2D eigenvalue weighted by Gasteiger charge is 2.62. The quantitative estimate of drug-likeness (QED) is 0.663. The molecule has 26 heavy (non-hydrogen) atoms. The summed E-state index contributed by atoms with van der Waals surface area (Å²) >= 11 is 0. The Bertz CT molecular complexity index is 520. The molecule has 0 heterocycles. The summed E-state index contributed by atoms with van der Waals surface area (Å²) in [4.78, 5) is 15.3. The standard InChI is InChI=1S/C22H39NO3/c1-19(2,3)26-18(25)23(9-7-6-8-10-24)22-13-17-11-20(4,15-22)14-21(5,12-17)16-22/h17,24H,6-16H2,1-5H3/t17?,20-,21+,22?. The summed E-state index contributed by atoms with van der Waals surface area (Å²) in [6.07, 6.45) is 9.97. The van der Waals surface area contributed by atoms with Crippen LogP contribution in [-0.2, 0) is 4.74 Å². The van der Waals surface area contributed by atoms with Crippen LogP contribution in [0.2, 0.25) is 0 Å². The molecule has 1 N–H and O–H groups in total. The third-order valence-electron chi connectivity index (χ3n) is 6.82. The molecule has 0 radical (unpaired) electrons. The molecule has 0 aromatic heterocycles. The number of unbranched alkanes of at least 4 members (excludes halogenated alkanes) is 2. The van der Waals surface area contributed by atoms with Gasteiger partial charge in [0.1, 0.15) is 5.60 Å². The van der Waals surface area contributed by atoms with Crippen molar-refractivity contribution in [3.8, 4) is 0 Å². The van der Waals surface area contributed by atoms with E-state index in [-0.39, 0.29) is 18.2 Å². The van der Waals surface area contributed by atoms with Gasteiger partial charge in [-0.1, -0.05) is 13.8 Å². The van der Waals surface area contributed by atoms with Gasteiger partial charge in [0.2, 0.25) is 0 Å². The summed E-state index contributed by atoms with van der Waals surface area (Å²) in [5, 5.41) is 9.09. The Morgan fingerprint density at radius 1 is 1.04 bits per heavy atom. The maximum atomic E-state index is 13.2. The molecule has 4 atom stereocenters. The second kappa shape index (κ2) is 6.68. The maximum absolute atomic E-state index is 13.2. The van der Waals surface area contributed by atoms with Gasteiger partial charge in [-0.2, -0.15) is 0 Å². The van der Waals surface area contributed by atoms with Gasteiger partial charge in [0.15, 0.2) is 0 Å². The molecule has 0 aromatic carbocycles. The van der Waals surface area contributed by atoms with Crippen LogP contribution < -0.4 is 0 Å². The molecule has 4 aliphatic rings. The van der Waals surface area contributed by atoms with E-state index >= 15 is 0 Å². The predicted octanol–water partition coefficient (Wildman–Crippen LogP) is 5.14. The summed E-state index contributed by atoms with van der Waals surface area (Å²) in [5.74, 6) is 0.753. The summed E-state index contributed by atoms with van der Waals surface area (Å²) in [6.45, 7) is 11.8. The van der Waals surface area contributed by atoms with E-state index in [0.717, 1.165) is 51.0 Å². The van der Waals surface area contributed by atoms with Gasteiger partial charge in [-0.25, -0.2) is 4.79 Å². The molecule has 150 valence electrons. The molecular weight excluding hydrogens is 326 g/mol. The minimum atomic E-state index is -0.462. The van der Waals surface area contributed by atoms with Gasteiger partial charge >= 0.3 is 6.09 Å². The molecule has 4 saturated carbocycles. The molecule has 0 aromatic rings. The predicted molar refractivity (Wildman–Crippen MR) is 104 cm³/mol. The zero-order valence-electron chi connectivity index (χ0n) is 17.6. The number of rotatable bonds is 6. The number of hydrogen-bond acceptors (Lipinski definition) is 3. The molecular formula is C22H39NO3. The summed E-state index contributed by atoms with van der Waals surface area (Å²) in [6, 6.07) is 0. The molecule has 2 unspecified atom stereocenters. The lowest BCUT2D eigenvalue weighted by Gasteiger charge is -2.67. The van der Waals surface area contributed by atoms with Crippen LogP contribution in [0.1, 0.15) is 92.4 Å². The first-order valence-electron chi connectivity index (χ1n) is 10.6. The van der Waals surface area contributed by atoms with E-state index in [0.29, 0.717) is 10.8 Å². The molecule has 1 amide bonds. The van der Waals surface area contributed by atoms with Crippen LogP contribution in [-0.4, -0.2) is 40.4 Å². The molecule has 4 fully saturated rings. The molecule has 4 rings (SSSR count). The average Bonchev–Trinajstić information content (AvgIpc) is 2.40. The second-order valence-corrected chi connectivity index (χ2v) is 11.3. The lowest BCUT2D eigenvalue weighted by atomic mass is 9.42. The largest absolute Gasteiger partial charge is 0.444 e. The summed E-state index contributed by atoms with van der Waals surface area (Å²) < 4.78 is 5.85. The van der Waals surface area contributed by atoms with Crippen LogP contribution in [0.3, 0.4) is 0 Å². The number of ether oxygens (including phenoxy) is 1. The third kappa shape index (κ3) is 4.05. The van der Waals surface area contributed by atoms with Gasteiger partial charge in [0, 0.05) is 18.7 Å². The van der Waals surface area contributed by atoms with Crippen molar-refractivity contribution < 1.29 is 14.6 Å². The smallest absolute Gasteiger partial charge is 0.410 e. The van der Waals surface area contributed by atoms with Crippen molar-refractivity contribution in [2.45, 2.75) is 104 Å². The van der Waals surface area contributed by atoms with Crippen molar-refractivity contribution in [3.05, 3.63) is 0 Å². The van der Waals surface area contributed by atoms with Crippen molar-refractivity contribution in [1.82, 2.24) is 4.90 Å². The Balaban J connectivity index is 1.84. The summed E-state index contributed by atoms with van der Waals surface area (Å²) in [7, 11) is 0. The Morgan fingerprint density at radius 3 is 2.15 bits per heavy atom. The number of carbonyl (C=O) groups is 1. The highest BCUT2D eigenvalue weighted by Crippen LogP contribution is 2.67. The van der Waals surface area contributed by atoms with E-state index in [1.165, 1.54) is 19.3 Å². The van der Waals surface area contributed by atoms with E-state index in [9.17, 15) is 4.79 Å². The first-order chi connectivity index (χ1) is 12.0. The first-order valence-corrected chi connectivity index (χ1v) is 10.6. The lowest BCUT2D eigenvalue weighted by molar-refractivity contribution is -0.157.